The molecule has 3 heterocycles. The van der Waals surface area contributed by atoms with Crippen LogP contribution in [0.1, 0.15) is 29.7 Å². The largest absolute Gasteiger partial charge is 0.463 e. The third-order valence-corrected chi connectivity index (χ3v) is 10.4. The van der Waals surface area contributed by atoms with Crippen molar-refractivity contribution in [3.8, 4) is 11.4 Å². The number of fused-ring (bicyclic) bond motifs is 1. The van der Waals surface area contributed by atoms with Crippen molar-refractivity contribution in [1.82, 2.24) is 19.7 Å². The molecular weight excluding hydrogens is 750 g/mol. The molecule has 7 rings (SSSR count). The summed E-state index contributed by atoms with van der Waals surface area (Å²) >= 11 is 14.3. The van der Waals surface area contributed by atoms with Crippen molar-refractivity contribution in [1.29, 1.82) is 0 Å². The van der Waals surface area contributed by atoms with Crippen LogP contribution >= 0.6 is 46.3 Å². The number of halogens is 3. The van der Waals surface area contributed by atoms with Crippen molar-refractivity contribution in [2.75, 3.05) is 6.61 Å². The van der Waals surface area contributed by atoms with Gasteiger partial charge in [0.2, 0.25) is 5.16 Å². The highest BCUT2D eigenvalue weighted by atomic mass is 35.5. The molecule has 0 fully saturated rings. The molecule has 0 radical (unpaired) electrons. The predicted molar refractivity (Wildman–Crippen MR) is 197 cm³/mol. The van der Waals surface area contributed by atoms with Gasteiger partial charge in [-0.2, -0.15) is 0 Å². The molecular formula is C36H23Cl2FN6O5S2. The molecule has 260 valence electrons. The van der Waals surface area contributed by atoms with Crippen molar-refractivity contribution in [2.45, 2.75) is 23.0 Å². The Morgan fingerprint density at radius 1 is 1.10 bits per heavy atom. The van der Waals surface area contributed by atoms with Crippen LogP contribution in [0.3, 0.4) is 0 Å². The summed E-state index contributed by atoms with van der Waals surface area (Å²) in [5.41, 5.74) is 1.71. The summed E-state index contributed by atoms with van der Waals surface area (Å²) < 4.78 is 21.1. The second kappa shape index (κ2) is 14.7. The van der Waals surface area contributed by atoms with E-state index in [1.165, 1.54) is 41.0 Å². The number of hydrogen-bond acceptors (Lipinski definition) is 10. The maximum absolute atomic E-state index is 14.2. The zero-order chi connectivity index (χ0) is 36.5. The van der Waals surface area contributed by atoms with Crippen molar-refractivity contribution >= 4 is 69.7 Å². The van der Waals surface area contributed by atoms with Gasteiger partial charge in [0.15, 0.2) is 10.6 Å². The molecule has 0 amide bonds. The first-order valence-corrected chi connectivity index (χ1v) is 17.9. The number of nitrogens with one attached hydrogen (secondary N) is 1. The molecule has 11 nitrogen and oxygen atoms in total. The van der Waals surface area contributed by atoms with E-state index in [1.807, 2.05) is 6.07 Å². The number of rotatable bonds is 9. The van der Waals surface area contributed by atoms with E-state index in [1.54, 1.807) is 61.5 Å². The minimum Gasteiger partial charge on any atom is -0.463 e. The Morgan fingerprint density at radius 2 is 1.87 bits per heavy atom. The third-order valence-electron chi connectivity index (χ3n) is 7.89. The summed E-state index contributed by atoms with van der Waals surface area (Å²) in [4.78, 5) is 49.2. The Kier molecular flexibility index (Phi) is 9.88. The molecule has 6 aromatic rings. The van der Waals surface area contributed by atoms with Crippen molar-refractivity contribution in [3.05, 3.63) is 159 Å². The molecule has 1 aliphatic rings. The minimum atomic E-state index is -1.00. The lowest BCUT2D eigenvalue weighted by Crippen LogP contribution is -2.40. The van der Waals surface area contributed by atoms with Gasteiger partial charge >= 0.3 is 5.97 Å². The predicted octanol–water partition coefficient (Wildman–Crippen LogP) is 7.23. The Hall–Kier alpha value is -5.41. The summed E-state index contributed by atoms with van der Waals surface area (Å²) in [6.07, 6.45) is 1.52. The number of benzene rings is 4. The van der Waals surface area contributed by atoms with Crippen LogP contribution in [-0.2, 0) is 9.53 Å². The lowest BCUT2D eigenvalue weighted by atomic mass is 9.93. The quantitative estimate of drug-likeness (QED) is 0.0921. The number of nitro benzene ring substituents is 1. The van der Waals surface area contributed by atoms with E-state index in [4.69, 9.17) is 32.9 Å². The molecule has 0 unspecified atom stereocenters. The number of thiazole rings is 1. The molecule has 0 bridgehead atoms. The van der Waals surface area contributed by atoms with E-state index in [2.05, 4.69) is 15.2 Å². The molecule has 0 saturated heterocycles. The number of carbonyl (C=O) groups is 1. The van der Waals surface area contributed by atoms with E-state index in [-0.39, 0.29) is 37.3 Å². The van der Waals surface area contributed by atoms with E-state index >= 15 is 0 Å². The third kappa shape index (κ3) is 6.93. The highest BCUT2D eigenvalue weighted by Gasteiger charge is 2.35. The molecule has 0 saturated carbocycles. The second-order valence-corrected chi connectivity index (χ2v) is 14.0. The molecule has 1 aliphatic heterocycles. The fourth-order valence-electron chi connectivity index (χ4n) is 5.60. The van der Waals surface area contributed by atoms with Gasteiger partial charge in [-0.3, -0.25) is 24.6 Å². The smallest absolute Gasteiger partial charge is 0.338 e. The van der Waals surface area contributed by atoms with E-state index in [9.17, 15) is 24.1 Å². The Bertz CT molecular complexity index is 2590. The van der Waals surface area contributed by atoms with Gasteiger partial charge in [-0.1, -0.05) is 83.1 Å². The van der Waals surface area contributed by atoms with Crippen LogP contribution in [0.5, 0.6) is 0 Å². The maximum Gasteiger partial charge on any atom is 0.338 e. The fourth-order valence-corrected chi connectivity index (χ4v) is 7.90. The number of nitro groups is 1. The average molecular weight is 774 g/mol. The van der Waals surface area contributed by atoms with Crippen LogP contribution < -0.4 is 14.9 Å². The minimum absolute atomic E-state index is 0.0755. The molecule has 4 aromatic carbocycles. The van der Waals surface area contributed by atoms with Gasteiger partial charge < -0.3 is 4.74 Å². The van der Waals surface area contributed by atoms with Crippen LogP contribution in [-0.4, -0.2) is 37.2 Å². The average Bonchev–Trinajstić information content (AvgIpc) is 3.72. The number of nitrogens with zero attached hydrogens (tertiary/aromatic N) is 5. The van der Waals surface area contributed by atoms with Gasteiger partial charge in [-0.05, 0) is 72.3 Å². The van der Waals surface area contributed by atoms with E-state index < -0.39 is 28.3 Å². The summed E-state index contributed by atoms with van der Waals surface area (Å²) in [6, 6.07) is 22.9. The zero-order valence-electron chi connectivity index (χ0n) is 26.7. The SMILES string of the molecule is CCOC(=O)C1=C(c2ccccc2)N=c2s/c(=C/c3ccc(Sc4n[nH]c(-c5ccc(Cl)cc5Cl)n4)c([N+](=O)[O-])c3)c(=O)n2[C@@H]1c1ccc(F)cc1. The molecule has 16 heteroatoms. The standard InChI is InChI=1S/C36H23Cl2FN6O5S2/c1-2-50-34(47)29-30(20-6-4-3-5-7-20)40-36-44(31(29)21-9-12-23(39)13-10-21)33(46)28(52-36)17-19-8-15-27(26(16-19)45(48)49)51-35-41-32(42-43-35)24-14-11-22(37)18-25(24)38/h3-18,31H,2H2,1H3,(H,41,42,43)/b28-17+/t31-/m1/s1. The van der Waals surface area contributed by atoms with Gasteiger partial charge in [-0.15, -0.1) is 5.10 Å². The number of esters is 1. The highest BCUT2D eigenvalue weighted by Crippen LogP contribution is 2.37. The lowest BCUT2D eigenvalue weighted by molar-refractivity contribution is -0.387. The lowest BCUT2D eigenvalue weighted by Gasteiger charge is -2.25. The Balaban J connectivity index is 1.31. The highest BCUT2D eigenvalue weighted by molar-refractivity contribution is 7.99. The molecule has 0 aliphatic carbocycles. The van der Waals surface area contributed by atoms with Gasteiger partial charge in [0.1, 0.15) is 5.82 Å². The van der Waals surface area contributed by atoms with Crippen LogP contribution in [0.4, 0.5) is 10.1 Å². The number of aromatic nitrogens is 4. The molecule has 1 N–H and O–H groups in total. The maximum atomic E-state index is 14.2. The first-order chi connectivity index (χ1) is 25.1. The summed E-state index contributed by atoms with van der Waals surface area (Å²) in [5.74, 6) is -0.801. The summed E-state index contributed by atoms with van der Waals surface area (Å²) in [5, 5.41) is 20.2. The van der Waals surface area contributed by atoms with E-state index in [0.29, 0.717) is 43.8 Å². The molecule has 2 aromatic heterocycles. The number of carbonyl (C=O) groups excluding carboxylic acids is 1. The number of aromatic amines is 1. The summed E-state index contributed by atoms with van der Waals surface area (Å²) in [6.45, 7) is 1.75. The summed E-state index contributed by atoms with van der Waals surface area (Å²) in [7, 11) is 0. The monoisotopic (exact) mass is 772 g/mol. The van der Waals surface area contributed by atoms with Crippen LogP contribution in [0.2, 0.25) is 10.0 Å². The van der Waals surface area contributed by atoms with Gasteiger partial charge in [-0.25, -0.2) is 19.2 Å². The Labute approximate surface area is 311 Å². The van der Waals surface area contributed by atoms with Gasteiger partial charge in [0.05, 0.1) is 43.3 Å². The Morgan fingerprint density at radius 3 is 2.58 bits per heavy atom. The topological polar surface area (TPSA) is 145 Å². The number of ether oxygens (including phenoxy) is 1. The fraction of sp³-hybridized carbons (Fsp3) is 0.0833. The molecule has 0 spiro atoms. The first-order valence-electron chi connectivity index (χ1n) is 15.5. The first kappa shape index (κ1) is 35.0. The van der Waals surface area contributed by atoms with Gasteiger partial charge in [0.25, 0.3) is 11.2 Å². The van der Waals surface area contributed by atoms with Gasteiger partial charge in [0, 0.05) is 22.2 Å². The van der Waals surface area contributed by atoms with Crippen molar-refractivity contribution in [3.63, 3.8) is 0 Å². The van der Waals surface area contributed by atoms with E-state index in [0.717, 1.165) is 23.1 Å². The van der Waals surface area contributed by atoms with Crippen LogP contribution in [0, 0.1) is 15.9 Å². The van der Waals surface area contributed by atoms with Crippen molar-refractivity contribution < 1.29 is 18.8 Å². The van der Waals surface area contributed by atoms with Crippen molar-refractivity contribution in [2.24, 2.45) is 4.99 Å². The second-order valence-electron chi connectivity index (χ2n) is 11.2. The van der Waals surface area contributed by atoms with Crippen LogP contribution in [0.25, 0.3) is 23.2 Å². The normalized spacial score (nSPS) is 14.2. The van der Waals surface area contributed by atoms with Crippen LogP contribution in [0.15, 0.2) is 116 Å². The number of H-pyrrole nitrogens is 1. The molecule has 1 atom stereocenters. The molecule has 52 heavy (non-hydrogen) atoms. The number of hydrogen-bond donors (Lipinski definition) is 1. The zero-order valence-corrected chi connectivity index (χ0v) is 29.9.